The number of anilines is 3. The van der Waals surface area contributed by atoms with Crippen LogP contribution in [0, 0.1) is 6.92 Å². The second-order valence-electron chi connectivity index (χ2n) is 3.35. The molecule has 0 amide bonds. The van der Waals surface area contributed by atoms with E-state index < -0.39 is 0 Å². The lowest BCUT2D eigenvalue weighted by atomic mass is 10.4. The van der Waals surface area contributed by atoms with Crippen LogP contribution < -0.4 is 11.1 Å². The van der Waals surface area contributed by atoms with Gasteiger partial charge in [-0.3, -0.25) is 4.68 Å². The van der Waals surface area contributed by atoms with Gasteiger partial charge in [0, 0.05) is 18.8 Å². The van der Waals surface area contributed by atoms with Crippen LogP contribution >= 0.6 is 11.6 Å². The Labute approximate surface area is 97.5 Å². The molecule has 0 bridgehead atoms. The highest BCUT2D eigenvalue weighted by Gasteiger charge is 2.05. The van der Waals surface area contributed by atoms with Crippen molar-refractivity contribution >= 4 is 29.2 Å². The van der Waals surface area contributed by atoms with Crippen LogP contribution in [-0.4, -0.2) is 19.7 Å². The first-order valence-corrected chi connectivity index (χ1v) is 5.00. The van der Waals surface area contributed by atoms with E-state index in [1.165, 1.54) is 6.20 Å². The first-order chi connectivity index (χ1) is 7.56. The van der Waals surface area contributed by atoms with E-state index in [0.717, 1.165) is 5.69 Å². The van der Waals surface area contributed by atoms with Crippen LogP contribution in [0.2, 0.25) is 5.02 Å². The quantitative estimate of drug-likeness (QED) is 0.829. The van der Waals surface area contributed by atoms with E-state index in [-0.39, 0.29) is 5.82 Å². The van der Waals surface area contributed by atoms with Crippen molar-refractivity contribution in [3.05, 3.63) is 23.0 Å². The molecule has 2 aromatic heterocycles. The maximum atomic E-state index is 5.72. The number of nitrogens with one attached hydrogen (secondary N) is 1. The lowest BCUT2D eigenvalue weighted by molar-refractivity contribution is 0.743. The minimum absolute atomic E-state index is 0.242. The summed E-state index contributed by atoms with van der Waals surface area (Å²) in [6, 6.07) is 1.88. The average molecular weight is 239 g/mol. The van der Waals surface area contributed by atoms with E-state index in [1.807, 2.05) is 20.0 Å². The molecular weight excluding hydrogens is 228 g/mol. The van der Waals surface area contributed by atoms with Gasteiger partial charge >= 0.3 is 0 Å². The molecule has 0 aliphatic heterocycles. The molecule has 0 atom stereocenters. The molecule has 2 heterocycles. The molecule has 0 aliphatic rings. The van der Waals surface area contributed by atoms with Crippen molar-refractivity contribution < 1.29 is 0 Å². The molecule has 16 heavy (non-hydrogen) atoms. The highest BCUT2D eigenvalue weighted by Crippen LogP contribution is 2.18. The highest BCUT2D eigenvalue weighted by molar-refractivity contribution is 6.32. The van der Waals surface area contributed by atoms with E-state index in [0.29, 0.717) is 16.8 Å². The zero-order valence-corrected chi connectivity index (χ0v) is 9.65. The topological polar surface area (TPSA) is 81.7 Å². The molecule has 7 heteroatoms. The van der Waals surface area contributed by atoms with E-state index in [1.54, 1.807) is 4.68 Å². The predicted molar refractivity (Wildman–Crippen MR) is 62.7 cm³/mol. The number of nitrogens with zero attached hydrogens (tertiary/aromatic N) is 4. The summed E-state index contributed by atoms with van der Waals surface area (Å²) in [5.74, 6) is 1.29. The summed E-state index contributed by atoms with van der Waals surface area (Å²) < 4.78 is 1.75. The third-order valence-electron chi connectivity index (χ3n) is 2.12. The molecule has 0 fully saturated rings. The maximum absolute atomic E-state index is 5.72. The molecule has 2 rings (SSSR count). The van der Waals surface area contributed by atoms with Crippen molar-refractivity contribution in [1.82, 2.24) is 19.7 Å². The van der Waals surface area contributed by atoms with Crippen molar-refractivity contribution in [3.8, 4) is 0 Å². The zero-order valence-electron chi connectivity index (χ0n) is 8.90. The molecule has 0 unspecified atom stereocenters. The van der Waals surface area contributed by atoms with Gasteiger partial charge in [0.15, 0.2) is 5.82 Å². The molecule has 3 N–H and O–H groups in total. The van der Waals surface area contributed by atoms with Gasteiger partial charge in [-0.15, -0.1) is 0 Å². The maximum Gasteiger partial charge on any atom is 0.230 e. The first-order valence-electron chi connectivity index (χ1n) is 4.62. The number of nitrogen functional groups attached to an aromatic ring is 1. The van der Waals surface area contributed by atoms with Crippen molar-refractivity contribution in [2.45, 2.75) is 6.92 Å². The van der Waals surface area contributed by atoms with Crippen molar-refractivity contribution in [3.63, 3.8) is 0 Å². The second-order valence-corrected chi connectivity index (χ2v) is 3.75. The van der Waals surface area contributed by atoms with Crippen LogP contribution in [-0.2, 0) is 7.05 Å². The number of hydrogen-bond acceptors (Lipinski definition) is 5. The lowest BCUT2D eigenvalue weighted by Crippen LogP contribution is -2.01. The van der Waals surface area contributed by atoms with Crippen molar-refractivity contribution in [1.29, 1.82) is 0 Å². The van der Waals surface area contributed by atoms with E-state index in [2.05, 4.69) is 20.4 Å². The summed E-state index contributed by atoms with van der Waals surface area (Å²) in [5.41, 5.74) is 6.59. The van der Waals surface area contributed by atoms with E-state index in [9.17, 15) is 0 Å². The number of halogens is 1. The molecule has 2 aromatic rings. The van der Waals surface area contributed by atoms with Crippen LogP contribution in [0.3, 0.4) is 0 Å². The van der Waals surface area contributed by atoms with Crippen molar-refractivity contribution in [2.75, 3.05) is 11.1 Å². The Balaban J connectivity index is 2.23. The van der Waals surface area contributed by atoms with Gasteiger partial charge in [0.2, 0.25) is 5.95 Å². The number of aromatic nitrogens is 4. The molecule has 0 saturated carbocycles. The lowest BCUT2D eigenvalue weighted by Gasteiger charge is -2.02. The van der Waals surface area contributed by atoms with Crippen LogP contribution in [0.5, 0.6) is 0 Å². The smallest absolute Gasteiger partial charge is 0.230 e. The zero-order chi connectivity index (χ0) is 11.7. The molecule has 6 nitrogen and oxygen atoms in total. The predicted octanol–water partition coefficient (Wildman–Crippen LogP) is 1.50. The van der Waals surface area contributed by atoms with Gasteiger partial charge < -0.3 is 11.1 Å². The van der Waals surface area contributed by atoms with Gasteiger partial charge in [-0.2, -0.15) is 10.1 Å². The van der Waals surface area contributed by atoms with Crippen LogP contribution in [0.15, 0.2) is 12.3 Å². The van der Waals surface area contributed by atoms with Gasteiger partial charge in [-0.25, -0.2) is 4.98 Å². The Hall–Kier alpha value is -1.82. The summed E-state index contributed by atoms with van der Waals surface area (Å²) in [4.78, 5) is 7.97. The fourth-order valence-electron chi connectivity index (χ4n) is 1.18. The molecule has 0 aromatic carbocycles. The monoisotopic (exact) mass is 238 g/mol. The Morgan fingerprint density at radius 3 is 2.81 bits per heavy atom. The van der Waals surface area contributed by atoms with Crippen LogP contribution in [0.1, 0.15) is 5.69 Å². The molecule has 0 saturated heterocycles. The standard InChI is InChI=1S/C9H11ClN6/c1-5-3-7(15-16(5)2)13-9-12-4-6(10)8(11)14-9/h3-4H,1-2H3,(H3,11,12,13,14,15). The summed E-state index contributed by atoms with van der Waals surface area (Å²) in [6.45, 7) is 1.95. The number of aryl methyl sites for hydroxylation is 2. The Morgan fingerprint density at radius 1 is 1.50 bits per heavy atom. The normalized spacial score (nSPS) is 10.4. The number of nitrogens with two attached hydrogens (primary N) is 1. The minimum atomic E-state index is 0.242. The first kappa shape index (κ1) is 10.7. The molecule has 0 aliphatic carbocycles. The highest BCUT2D eigenvalue weighted by atomic mass is 35.5. The third-order valence-corrected chi connectivity index (χ3v) is 2.42. The molecule has 0 radical (unpaired) electrons. The SMILES string of the molecule is Cc1cc(Nc2ncc(Cl)c(N)n2)nn1C. The largest absolute Gasteiger partial charge is 0.382 e. The Bertz CT molecular complexity index is 501. The summed E-state index contributed by atoms with van der Waals surface area (Å²) in [7, 11) is 1.86. The van der Waals surface area contributed by atoms with Gasteiger partial charge in [0.05, 0.1) is 6.20 Å². The minimum Gasteiger partial charge on any atom is -0.382 e. The van der Waals surface area contributed by atoms with Gasteiger partial charge in [0.1, 0.15) is 10.8 Å². The molecule has 0 spiro atoms. The summed E-state index contributed by atoms with van der Waals surface area (Å²) in [6.07, 6.45) is 1.45. The Kier molecular flexibility index (Phi) is 2.66. The summed E-state index contributed by atoms with van der Waals surface area (Å²) >= 11 is 5.72. The summed E-state index contributed by atoms with van der Waals surface area (Å²) in [5, 5.41) is 7.49. The van der Waals surface area contributed by atoms with Gasteiger partial charge in [0.25, 0.3) is 0 Å². The molecule has 84 valence electrons. The average Bonchev–Trinajstić information content (AvgIpc) is 2.52. The van der Waals surface area contributed by atoms with Gasteiger partial charge in [-0.05, 0) is 6.92 Å². The third kappa shape index (κ3) is 2.06. The van der Waals surface area contributed by atoms with E-state index in [4.69, 9.17) is 17.3 Å². The Morgan fingerprint density at radius 2 is 2.25 bits per heavy atom. The van der Waals surface area contributed by atoms with Crippen LogP contribution in [0.4, 0.5) is 17.6 Å². The fourth-order valence-corrected chi connectivity index (χ4v) is 1.27. The van der Waals surface area contributed by atoms with Crippen molar-refractivity contribution in [2.24, 2.45) is 7.05 Å². The fraction of sp³-hybridized carbons (Fsp3) is 0.222. The molecular formula is C9H11ClN6. The second kappa shape index (κ2) is 3.97. The van der Waals surface area contributed by atoms with Gasteiger partial charge in [-0.1, -0.05) is 11.6 Å². The number of rotatable bonds is 2. The van der Waals surface area contributed by atoms with Crippen LogP contribution in [0.25, 0.3) is 0 Å². The number of hydrogen-bond donors (Lipinski definition) is 2. The van der Waals surface area contributed by atoms with E-state index >= 15 is 0 Å².